The molecule has 0 aliphatic heterocycles. The van der Waals surface area contributed by atoms with E-state index in [0.717, 1.165) is 12.1 Å². The Morgan fingerprint density at radius 1 is 1.50 bits per heavy atom. The molecule has 18 heavy (non-hydrogen) atoms. The van der Waals surface area contributed by atoms with Gasteiger partial charge in [-0.15, -0.1) is 0 Å². The highest BCUT2D eigenvalue weighted by atomic mass is 16.3. The van der Waals surface area contributed by atoms with Crippen molar-refractivity contribution >= 4 is 5.91 Å². The Balaban J connectivity index is 1.81. The van der Waals surface area contributed by atoms with Crippen LogP contribution in [0, 0.1) is 6.92 Å². The average Bonchev–Trinajstić information content (AvgIpc) is 3.16. The van der Waals surface area contributed by atoms with Gasteiger partial charge in [0, 0.05) is 24.7 Å². The van der Waals surface area contributed by atoms with Crippen molar-refractivity contribution in [3.63, 3.8) is 0 Å². The van der Waals surface area contributed by atoms with E-state index in [4.69, 9.17) is 0 Å². The van der Waals surface area contributed by atoms with Gasteiger partial charge in [-0.1, -0.05) is 6.07 Å². The fourth-order valence-electron chi connectivity index (χ4n) is 1.90. The van der Waals surface area contributed by atoms with Gasteiger partial charge >= 0.3 is 0 Å². The van der Waals surface area contributed by atoms with Crippen molar-refractivity contribution in [2.45, 2.75) is 25.8 Å². The fourth-order valence-corrected chi connectivity index (χ4v) is 1.90. The lowest BCUT2D eigenvalue weighted by molar-refractivity contribution is 0.0949. The van der Waals surface area contributed by atoms with Crippen molar-refractivity contribution in [3.05, 3.63) is 29.3 Å². The van der Waals surface area contributed by atoms with Crippen LogP contribution in [0.25, 0.3) is 0 Å². The molecular formula is C14H20N2O2. The van der Waals surface area contributed by atoms with Crippen molar-refractivity contribution in [1.29, 1.82) is 0 Å². The molecule has 1 fully saturated rings. The van der Waals surface area contributed by atoms with Crippen LogP contribution in [0.1, 0.15) is 28.8 Å². The molecule has 1 saturated carbocycles. The van der Waals surface area contributed by atoms with Crippen LogP contribution in [0.3, 0.4) is 0 Å². The second-order valence-electron chi connectivity index (χ2n) is 4.97. The van der Waals surface area contributed by atoms with E-state index in [2.05, 4.69) is 17.3 Å². The maximum absolute atomic E-state index is 11.8. The van der Waals surface area contributed by atoms with Gasteiger partial charge in [-0.25, -0.2) is 0 Å². The number of rotatable bonds is 5. The van der Waals surface area contributed by atoms with Crippen LogP contribution in [-0.2, 0) is 0 Å². The first-order valence-electron chi connectivity index (χ1n) is 6.36. The van der Waals surface area contributed by atoms with E-state index in [9.17, 15) is 9.90 Å². The number of likely N-dealkylation sites (N-methyl/N-ethyl adjacent to an activating group) is 1. The summed E-state index contributed by atoms with van der Waals surface area (Å²) in [7, 11) is 2.08. The van der Waals surface area contributed by atoms with Gasteiger partial charge in [-0.2, -0.15) is 0 Å². The van der Waals surface area contributed by atoms with Gasteiger partial charge in [0.25, 0.3) is 5.91 Å². The van der Waals surface area contributed by atoms with Gasteiger partial charge < -0.3 is 15.3 Å². The molecular weight excluding hydrogens is 228 g/mol. The smallest absolute Gasteiger partial charge is 0.251 e. The van der Waals surface area contributed by atoms with Crippen LogP contribution in [0.2, 0.25) is 0 Å². The quantitative estimate of drug-likeness (QED) is 0.830. The molecule has 0 bridgehead atoms. The molecule has 4 nitrogen and oxygen atoms in total. The Bertz CT molecular complexity index is 441. The van der Waals surface area contributed by atoms with Crippen molar-refractivity contribution in [2.24, 2.45) is 0 Å². The van der Waals surface area contributed by atoms with Crippen molar-refractivity contribution in [2.75, 3.05) is 20.1 Å². The van der Waals surface area contributed by atoms with Crippen molar-refractivity contribution < 1.29 is 9.90 Å². The largest absolute Gasteiger partial charge is 0.508 e. The summed E-state index contributed by atoms with van der Waals surface area (Å²) < 4.78 is 0. The minimum atomic E-state index is -0.130. The Hall–Kier alpha value is -1.55. The summed E-state index contributed by atoms with van der Waals surface area (Å²) >= 11 is 0. The molecule has 0 saturated heterocycles. The average molecular weight is 248 g/mol. The van der Waals surface area contributed by atoms with E-state index in [1.165, 1.54) is 18.9 Å². The van der Waals surface area contributed by atoms with Crippen LogP contribution >= 0.6 is 0 Å². The van der Waals surface area contributed by atoms with Crippen molar-refractivity contribution in [3.8, 4) is 5.75 Å². The maximum Gasteiger partial charge on any atom is 0.251 e. The Morgan fingerprint density at radius 3 is 2.83 bits per heavy atom. The number of carbonyl (C=O) groups excluding carboxylic acids is 1. The normalized spacial score (nSPS) is 14.8. The first kappa shape index (κ1) is 12.9. The van der Waals surface area contributed by atoms with Crippen LogP contribution in [0.4, 0.5) is 0 Å². The van der Waals surface area contributed by atoms with Gasteiger partial charge in [0.05, 0.1) is 0 Å². The molecule has 0 aromatic heterocycles. The Morgan fingerprint density at radius 2 is 2.22 bits per heavy atom. The second kappa shape index (κ2) is 5.40. The van der Waals surface area contributed by atoms with Crippen LogP contribution in [-0.4, -0.2) is 42.1 Å². The third-order valence-electron chi connectivity index (χ3n) is 3.39. The third-order valence-corrected chi connectivity index (χ3v) is 3.39. The molecule has 1 aliphatic rings. The zero-order valence-electron chi connectivity index (χ0n) is 10.9. The zero-order valence-corrected chi connectivity index (χ0v) is 10.9. The second-order valence-corrected chi connectivity index (χ2v) is 4.97. The number of amides is 1. The summed E-state index contributed by atoms with van der Waals surface area (Å²) in [6.07, 6.45) is 2.55. The molecule has 1 amide bonds. The van der Waals surface area contributed by atoms with Crippen molar-refractivity contribution in [1.82, 2.24) is 10.2 Å². The number of nitrogens with zero attached hydrogens (tertiary/aromatic N) is 1. The number of aryl methyl sites for hydroxylation is 1. The lowest BCUT2D eigenvalue weighted by atomic mass is 10.1. The number of benzene rings is 1. The number of hydrogen-bond donors (Lipinski definition) is 2. The summed E-state index contributed by atoms with van der Waals surface area (Å²) in [6, 6.07) is 5.70. The SMILES string of the molecule is Cc1ccc(C(=O)NCCN(C)C2CC2)cc1O. The van der Waals surface area contributed by atoms with E-state index in [0.29, 0.717) is 18.2 Å². The predicted octanol–water partition coefficient (Wildman–Crippen LogP) is 1.52. The number of aromatic hydroxyl groups is 1. The monoisotopic (exact) mass is 248 g/mol. The number of phenolic OH excluding ortho intramolecular Hbond substituents is 1. The van der Waals surface area contributed by atoms with Gasteiger partial charge in [-0.3, -0.25) is 4.79 Å². The molecule has 0 atom stereocenters. The minimum Gasteiger partial charge on any atom is -0.508 e. The van der Waals surface area contributed by atoms with Gasteiger partial charge in [0.1, 0.15) is 5.75 Å². The highest BCUT2D eigenvalue weighted by Crippen LogP contribution is 2.24. The molecule has 2 rings (SSSR count). The van der Waals surface area contributed by atoms with Crippen LogP contribution in [0.5, 0.6) is 5.75 Å². The third kappa shape index (κ3) is 3.23. The number of phenols is 1. The first-order chi connectivity index (χ1) is 8.58. The number of nitrogens with one attached hydrogen (secondary N) is 1. The van der Waals surface area contributed by atoms with Gasteiger partial charge in [0.2, 0.25) is 0 Å². The lowest BCUT2D eigenvalue weighted by Crippen LogP contribution is -2.33. The molecule has 4 heteroatoms. The van der Waals surface area contributed by atoms with E-state index >= 15 is 0 Å². The topological polar surface area (TPSA) is 52.6 Å². The first-order valence-corrected chi connectivity index (χ1v) is 6.36. The fraction of sp³-hybridized carbons (Fsp3) is 0.500. The highest BCUT2D eigenvalue weighted by Gasteiger charge is 2.25. The van der Waals surface area contributed by atoms with E-state index < -0.39 is 0 Å². The van der Waals surface area contributed by atoms with E-state index in [1.54, 1.807) is 12.1 Å². The highest BCUT2D eigenvalue weighted by molar-refractivity contribution is 5.94. The summed E-state index contributed by atoms with van der Waals surface area (Å²) in [5, 5.41) is 12.4. The lowest BCUT2D eigenvalue weighted by Gasteiger charge is -2.15. The van der Waals surface area contributed by atoms with Gasteiger partial charge in [-0.05, 0) is 44.5 Å². The summed E-state index contributed by atoms with van der Waals surface area (Å²) in [4.78, 5) is 14.1. The Labute approximate surface area is 108 Å². The Kier molecular flexibility index (Phi) is 3.87. The summed E-state index contributed by atoms with van der Waals surface area (Å²) in [6.45, 7) is 3.32. The molecule has 0 unspecified atom stereocenters. The molecule has 0 radical (unpaired) electrons. The van der Waals surface area contributed by atoms with E-state index in [1.807, 2.05) is 6.92 Å². The minimum absolute atomic E-state index is 0.130. The molecule has 1 aromatic carbocycles. The molecule has 0 spiro atoms. The maximum atomic E-state index is 11.8. The predicted molar refractivity (Wildman–Crippen MR) is 70.8 cm³/mol. The molecule has 1 aromatic rings. The standard InChI is InChI=1S/C14H20N2O2/c1-10-3-4-11(9-13(10)17)14(18)15-7-8-16(2)12-5-6-12/h3-4,9,12,17H,5-8H2,1-2H3,(H,15,18). The molecule has 2 N–H and O–H groups in total. The molecule has 98 valence electrons. The molecule has 1 aliphatic carbocycles. The number of hydrogen-bond acceptors (Lipinski definition) is 3. The van der Waals surface area contributed by atoms with Gasteiger partial charge in [0.15, 0.2) is 0 Å². The van der Waals surface area contributed by atoms with Crippen LogP contribution < -0.4 is 5.32 Å². The number of carbonyl (C=O) groups is 1. The summed E-state index contributed by atoms with van der Waals surface area (Å²) in [5.74, 6) is 0.0345. The summed E-state index contributed by atoms with van der Waals surface area (Å²) in [5.41, 5.74) is 1.28. The van der Waals surface area contributed by atoms with E-state index in [-0.39, 0.29) is 11.7 Å². The van der Waals surface area contributed by atoms with Crippen LogP contribution in [0.15, 0.2) is 18.2 Å². The zero-order chi connectivity index (χ0) is 13.1. The molecule has 0 heterocycles.